The van der Waals surface area contributed by atoms with Gasteiger partial charge in [-0.2, -0.15) is 0 Å². The number of nitrogens with one attached hydrogen (secondary N) is 1. The first-order valence-electron chi connectivity index (χ1n) is 3.58. The van der Waals surface area contributed by atoms with Crippen LogP contribution in [-0.4, -0.2) is 12.1 Å². The molecular weight excluding hydrogens is 98.1 g/mol. The van der Waals surface area contributed by atoms with E-state index in [0.29, 0.717) is 5.54 Å². The third kappa shape index (κ3) is 0.368. The van der Waals surface area contributed by atoms with Crippen molar-refractivity contribution in [2.24, 2.45) is 5.92 Å². The van der Waals surface area contributed by atoms with E-state index in [1.165, 1.54) is 25.8 Å². The fourth-order valence-corrected chi connectivity index (χ4v) is 1.82. The molecule has 2 aliphatic rings. The SMILES string of the molecule is CC1CNC12CCC2. The minimum absolute atomic E-state index is 0.653. The van der Waals surface area contributed by atoms with Gasteiger partial charge in [-0.25, -0.2) is 0 Å². The molecule has 1 heteroatoms. The molecule has 1 heterocycles. The van der Waals surface area contributed by atoms with E-state index in [9.17, 15) is 0 Å². The van der Waals surface area contributed by atoms with Crippen LogP contribution >= 0.6 is 0 Å². The molecule has 1 saturated carbocycles. The Bertz CT molecular complexity index is 99.4. The Hall–Kier alpha value is -0.0400. The maximum Gasteiger partial charge on any atom is 0.0219 e. The number of hydrogen-bond acceptors (Lipinski definition) is 1. The van der Waals surface area contributed by atoms with Gasteiger partial charge < -0.3 is 5.32 Å². The first-order chi connectivity index (χ1) is 3.83. The van der Waals surface area contributed by atoms with E-state index in [0.717, 1.165) is 5.92 Å². The standard InChI is InChI=1S/C7H13N/c1-6-5-8-7(6)3-2-4-7/h6,8H,2-5H2,1H3. The van der Waals surface area contributed by atoms with Crippen molar-refractivity contribution in [2.75, 3.05) is 6.54 Å². The Morgan fingerprint density at radius 3 is 2.25 bits per heavy atom. The predicted octanol–water partition coefficient (Wildman–Crippen LogP) is 1.15. The largest absolute Gasteiger partial charge is 0.311 e. The zero-order valence-electron chi connectivity index (χ0n) is 5.41. The highest BCUT2D eigenvalue weighted by Gasteiger charge is 2.47. The first-order valence-corrected chi connectivity index (χ1v) is 3.58. The Morgan fingerprint density at radius 2 is 2.25 bits per heavy atom. The van der Waals surface area contributed by atoms with Gasteiger partial charge in [-0.15, -0.1) is 0 Å². The molecule has 1 unspecified atom stereocenters. The van der Waals surface area contributed by atoms with Crippen molar-refractivity contribution in [3.63, 3.8) is 0 Å². The molecule has 0 amide bonds. The van der Waals surface area contributed by atoms with Gasteiger partial charge in [0.1, 0.15) is 0 Å². The summed E-state index contributed by atoms with van der Waals surface area (Å²) in [6.45, 7) is 3.62. The van der Waals surface area contributed by atoms with Crippen molar-refractivity contribution in [1.82, 2.24) is 5.32 Å². The van der Waals surface area contributed by atoms with Gasteiger partial charge in [0, 0.05) is 5.54 Å². The van der Waals surface area contributed by atoms with E-state index in [1.54, 1.807) is 0 Å². The van der Waals surface area contributed by atoms with Gasteiger partial charge in [-0.1, -0.05) is 6.92 Å². The van der Waals surface area contributed by atoms with E-state index in [1.807, 2.05) is 0 Å². The molecule has 2 fully saturated rings. The van der Waals surface area contributed by atoms with Crippen LogP contribution in [0.4, 0.5) is 0 Å². The summed E-state index contributed by atoms with van der Waals surface area (Å²) < 4.78 is 0. The molecule has 1 atom stereocenters. The smallest absolute Gasteiger partial charge is 0.0219 e. The van der Waals surface area contributed by atoms with Gasteiger partial charge >= 0.3 is 0 Å². The van der Waals surface area contributed by atoms with Crippen molar-refractivity contribution in [1.29, 1.82) is 0 Å². The summed E-state index contributed by atoms with van der Waals surface area (Å²) in [7, 11) is 0. The molecule has 1 N–H and O–H groups in total. The average molecular weight is 111 g/mol. The minimum Gasteiger partial charge on any atom is -0.311 e. The van der Waals surface area contributed by atoms with Crippen LogP contribution in [0.1, 0.15) is 26.2 Å². The second-order valence-electron chi connectivity index (χ2n) is 3.29. The maximum absolute atomic E-state index is 3.51. The molecule has 1 saturated heterocycles. The van der Waals surface area contributed by atoms with Gasteiger partial charge in [-0.05, 0) is 31.7 Å². The monoisotopic (exact) mass is 111 g/mol. The second-order valence-corrected chi connectivity index (χ2v) is 3.29. The third-order valence-electron chi connectivity index (χ3n) is 2.95. The normalized spacial score (nSPS) is 40.9. The molecule has 8 heavy (non-hydrogen) atoms. The Labute approximate surface area is 50.5 Å². The van der Waals surface area contributed by atoms with Gasteiger partial charge in [0.15, 0.2) is 0 Å². The molecular formula is C7H13N. The average Bonchev–Trinajstić information content (AvgIpc) is 1.58. The van der Waals surface area contributed by atoms with Gasteiger partial charge in [0.25, 0.3) is 0 Å². The molecule has 1 aliphatic carbocycles. The van der Waals surface area contributed by atoms with Crippen LogP contribution in [0, 0.1) is 5.92 Å². The second kappa shape index (κ2) is 1.27. The van der Waals surface area contributed by atoms with Gasteiger partial charge in [0.05, 0.1) is 0 Å². The lowest BCUT2D eigenvalue weighted by atomic mass is 9.64. The van der Waals surface area contributed by atoms with E-state index in [4.69, 9.17) is 0 Å². The molecule has 2 rings (SSSR count). The van der Waals surface area contributed by atoms with Crippen LogP contribution in [0.3, 0.4) is 0 Å². The topological polar surface area (TPSA) is 12.0 Å². The van der Waals surface area contributed by atoms with Crippen molar-refractivity contribution >= 4 is 0 Å². The van der Waals surface area contributed by atoms with Crippen molar-refractivity contribution in [3.05, 3.63) is 0 Å². The molecule has 0 radical (unpaired) electrons. The van der Waals surface area contributed by atoms with Gasteiger partial charge in [0.2, 0.25) is 0 Å². The third-order valence-corrected chi connectivity index (χ3v) is 2.95. The quantitative estimate of drug-likeness (QED) is 0.494. The minimum atomic E-state index is 0.653. The Kier molecular flexibility index (Phi) is 0.762. The molecule has 46 valence electrons. The summed E-state index contributed by atoms with van der Waals surface area (Å²) >= 11 is 0. The highest BCUT2D eigenvalue weighted by Crippen LogP contribution is 2.43. The summed E-state index contributed by atoms with van der Waals surface area (Å²) in [6.07, 6.45) is 4.33. The van der Waals surface area contributed by atoms with E-state index < -0.39 is 0 Å². The molecule has 0 aromatic carbocycles. The van der Waals surface area contributed by atoms with Crippen molar-refractivity contribution in [2.45, 2.75) is 31.7 Å². The predicted molar refractivity (Wildman–Crippen MR) is 33.7 cm³/mol. The van der Waals surface area contributed by atoms with E-state index in [2.05, 4.69) is 12.2 Å². The summed E-state index contributed by atoms with van der Waals surface area (Å²) in [4.78, 5) is 0. The fraction of sp³-hybridized carbons (Fsp3) is 1.00. The molecule has 0 aromatic rings. The molecule has 0 aromatic heterocycles. The van der Waals surface area contributed by atoms with Crippen LogP contribution in [0.25, 0.3) is 0 Å². The maximum atomic E-state index is 3.51. The molecule has 1 aliphatic heterocycles. The lowest BCUT2D eigenvalue weighted by Crippen LogP contribution is -2.67. The zero-order valence-corrected chi connectivity index (χ0v) is 5.41. The van der Waals surface area contributed by atoms with Crippen LogP contribution in [-0.2, 0) is 0 Å². The zero-order chi connectivity index (χ0) is 5.61. The van der Waals surface area contributed by atoms with Crippen molar-refractivity contribution < 1.29 is 0 Å². The van der Waals surface area contributed by atoms with Crippen LogP contribution in [0.2, 0.25) is 0 Å². The van der Waals surface area contributed by atoms with Crippen LogP contribution in [0.5, 0.6) is 0 Å². The fourth-order valence-electron chi connectivity index (χ4n) is 1.82. The lowest BCUT2D eigenvalue weighted by Gasteiger charge is -2.55. The van der Waals surface area contributed by atoms with Gasteiger partial charge in [-0.3, -0.25) is 0 Å². The van der Waals surface area contributed by atoms with Crippen LogP contribution in [0.15, 0.2) is 0 Å². The molecule has 0 bridgehead atoms. The summed E-state index contributed by atoms with van der Waals surface area (Å²) in [5.41, 5.74) is 0.653. The summed E-state index contributed by atoms with van der Waals surface area (Å²) in [6, 6.07) is 0. The highest BCUT2D eigenvalue weighted by molar-refractivity contribution is 5.07. The molecule has 1 nitrogen and oxygen atoms in total. The Morgan fingerprint density at radius 1 is 1.50 bits per heavy atom. The van der Waals surface area contributed by atoms with Crippen molar-refractivity contribution in [3.8, 4) is 0 Å². The lowest BCUT2D eigenvalue weighted by molar-refractivity contribution is 0.0315. The van der Waals surface area contributed by atoms with E-state index >= 15 is 0 Å². The van der Waals surface area contributed by atoms with E-state index in [-0.39, 0.29) is 0 Å². The summed E-state index contributed by atoms with van der Waals surface area (Å²) in [5.74, 6) is 0.969. The number of hydrogen-bond donors (Lipinski definition) is 1. The summed E-state index contributed by atoms with van der Waals surface area (Å²) in [5, 5.41) is 3.51. The Balaban J connectivity index is 2.03. The number of rotatable bonds is 0. The molecule has 1 spiro atoms. The van der Waals surface area contributed by atoms with Crippen LogP contribution < -0.4 is 5.32 Å². The highest BCUT2D eigenvalue weighted by atomic mass is 15.1. The first kappa shape index (κ1) is 4.80.